The van der Waals surface area contributed by atoms with Crippen molar-refractivity contribution in [3.8, 4) is 0 Å². The van der Waals surface area contributed by atoms with Gasteiger partial charge in [-0.05, 0) is 44.4 Å². The molecule has 46 heavy (non-hydrogen) atoms. The zero-order valence-electron chi connectivity index (χ0n) is 28.9. The van der Waals surface area contributed by atoms with Crippen molar-refractivity contribution in [3.63, 3.8) is 0 Å². The van der Waals surface area contributed by atoms with E-state index in [9.17, 15) is 24.9 Å². The molecule has 0 saturated carbocycles. The lowest BCUT2D eigenvalue weighted by Gasteiger charge is -2.15. The summed E-state index contributed by atoms with van der Waals surface area (Å²) in [5.41, 5.74) is 0. The van der Waals surface area contributed by atoms with Crippen molar-refractivity contribution >= 4 is 11.9 Å². The van der Waals surface area contributed by atoms with Crippen LogP contribution < -0.4 is 0 Å². The highest BCUT2D eigenvalue weighted by Crippen LogP contribution is 2.13. The van der Waals surface area contributed by atoms with E-state index in [2.05, 4.69) is 20.8 Å². The number of carbonyl (C=O) groups is 2. The molecule has 0 bridgehead atoms. The van der Waals surface area contributed by atoms with Crippen LogP contribution in [0.2, 0.25) is 0 Å². The third-order valence-electron chi connectivity index (χ3n) is 7.12. The molecule has 0 rings (SSSR count). The van der Waals surface area contributed by atoms with Gasteiger partial charge in [-0.25, -0.2) is 0 Å². The molecule has 3 atom stereocenters. The van der Waals surface area contributed by atoms with E-state index in [-0.39, 0.29) is 19.0 Å². The van der Waals surface area contributed by atoms with Crippen LogP contribution in [-0.4, -0.2) is 58.8 Å². The Morgan fingerprint density at radius 2 is 1.33 bits per heavy atom. The van der Waals surface area contributed by atoms with Crippen molar-refractivity contribution in [2.45, 2.75) is 142 Å². The van der Waals surface area contributed by atoms with E-state index in [1.807, 2.05) is 48.6 Å². The summed E-state index contributed by atoms with van der Waals surface area (Å²) in [5, 5.41) is 29.3. The van der Waals surface area contributed by atoms with Gasteiger partial charge in [0, 0.05) is 12.8 Å². The van der Waals surface area contributed by atoms with Crippen LogP contribution in [0, 0.1) is 5.92 Å². The number of hydrogen-bond acceptors (Lipinski definition) is 7. The molecule has 0 amide bonds. The van der Waals surface area contributed by atoms with E-state index in [1.54, 1.807) is 24.3 Å². The van der Waals surface area contributed by atoms with Crippen LogP contribution in [-0.2, 0) is 19.1 Å². The van der Waals surface area contributed by atoms with Crippen LogP contribution in [0.3, 0.4) is 0 Å². The maximum absolute atomic E-state index is 12.1. The maximum Gasteiger partial charge on any atom is 0.306 e. The molecule has 0 unspecified atom stereocenters. The van der Waals surface area contributed by atoms with Gasteiger partial charge in [0.2, 0.25) is 0 Å². The van der Waals surface area contributed by atoms with Crippen molar-refractivity contribution < 1.29 is 34.4 Å². The summed E-state index contributed by atoms with van der Waals surface area (Å²) in [6.45, 7) is 6.05. The maximum atomic E-state index is 12.1. The summed E-state index contributed by atoms with van der Waals surface area (Å²) in [5.74, 6) is 0.00328. The summed E-state index contributed by atoms with van der Waals surface area (Å²) < 4.78 is 10.4. The van der Waals surface area contributed by atoms with E-state index in [1.165, 1.54) is 38.5 Å². The van der Waals surface area contributed by atoms with Crippen molar-refractivity contribution in [2.24, 2.45) is 5.92 Å². The van der Waals surface area contributed by atoms with Crippen molar-refractivity contribution in [3.05, 3.63) is 72.9 Å². The highest BCUT2D eigenvalue weighted by atomic mass is 16.6. The topological polar surface area (TPSA) is 113 Å². The third-order valence-corrected chi connectivity index (χ3v) is 7.12. The van der Waals surface area contributed by atoms with Crippen molar-refractivity contribution in [1.82, 2.24) is 0 Å². The van der Waals surface area contributed by atoms with Gasteiger partial charge in [0.1, 0.15) is 6.61 Å². The first kappa shape index (κ1) is 43.3. The van der Waals surface area contributed by atoms with Gasteiger partial charge in [0.15, 0.2) is 6.10 Å². The van der Waals surface area contributed by atoms with E-state index in [0.717, 1.165) is 38.0 Å². The predicted molar refractivity (Wildman–Crippen MR) is 189 cm³/mol. The van der Waals surface area contributed by atoms with E-state index in [0.29, 0.717) is 25.7 Å². The Bertz CT molecular complexity index is 913. The molecule has 0 heterocycles. The molecule has 0 radical (unpaired) electrons. The fraction of sp³-hybridized carbons (Fsp3) is 0.641. The number of unbranched alkanes of at least 4 members (excludes halogenated alkanes) is 8. The first-order valence-electron chi connectivity index (χ1n) is 17.6. The Balaban J connectivity index is 3.93. The SMILES string of the molecule is CC/C=C\C[C@H](O)/C=C/C=C\C/C=C\C=C\[C@H](O)/C=C\CCCC(=O)O[C@@H](CO)COC(=O)CCCCCCCCCCC(C)C. The molecule has 7 heteroatoms. The number of aliphatic hydroxyl groups excluding tert-OH is 3. The van der Waals surface area contributed by atoms with Gasteiger partial charge in [-0.3, -0.25) is 9.59 Å². The third kappa shape index (κ3) is 31.3. The van der Waals surface area contributed by atoms with Gasteiger partial charge < -0.3 is 24.8 Å². The van der Waals surface area contributed by atoms with Crippen LogP contribution in [0.25, 0.3) is 0 Å². The van der Waals surface area contributed by atoms with Crippen molar-refractivity contribution in [2.75, 3.05) is 13.2 Å². The van der Waals surface area contributed by atoms with Gasteiger partial charge in [-0.2, -0.15) is 0 Å². The number of carbonyl (C=O) groups excluding carboxylic acids is 2. The average molecular weight is 645 g/mol. The summed E-state index contributed by atoms with van der Waals surface area (Å²) >= 11 is 0. The quantitative estimate of drug-likeness (QED) is 0.0324. The number of rotatable bonds is 29. The van der Waals surface area contributed by atoms with Gasteiger partial charge in [0.05, 0.1) is 18.8 Å². The molecule has 0 saturated heterocycles. The van der Waals surface area contributed by atoms with Crippen LogP contribution in [0.1, 0.15) is 124 Å². The largest absolute Gasteiger partial charge is 0.462 e. The minimum absolute atomic E-state index is 0.140. The molecule has 0 aliphatic carbocycles. The minimum atomic E-state index is -0.861. The number of hydrogen-bond donors (Lipinski definition) is 3. The second kappa shape index (κ2) is 32.2. The second-order valence-corrected chi connectivity index (χ2v) is 12.1. The van der Waals surface area contributed by atoms with Crippen LogP contribution in [0.5, 0.6) is 0 Å². The summed E-state index contributed by atoms with van der Waals surface area (Å²) in [4.78, 5) is 24.1. The van der Waals surface area contributed by atoms with Crippen LogP contribution in [0.4, 0.5) is 0 Å². The fourth-order valence-electron chi connectivity index (χ4n) is 4.42. The van der Waals surface area contributed by atoms with Gasteiger partial charge >= 0.3 is 11.9 Å². The molecule has 262 valence electrons. The first-order chi connectivity index (χ1) is 22.3. The molecule has 0 aliphatic heterocycles. The Morgan fingerprint density at radius 1 is 0.696 bits per heavy atom. The molecule has 0 fully saturated rings. The standard InChI is InChI=1S/C39H64O7/c1-4-5-18-26-35(41)27-20-14-10-8-11-15-21-28-36(42)29-22-17-24-31-39(44)46-37(32-40)33-45-38(43)30-23-16-12-7-6-9-13-19-25-34(2)3/h5,10-11,14-15,18,20-22,27-29,34-37,40-42H,4,6-9,12-13,16-17,19,23-26,30-33H2,1-3H3/b14-10-,15-11-,18-5-,27-20+,28-21+,29-22-/t35-,36-,37-/m0/s1. The number of aliphatic hydroxyl groups is 3. The average Bonchev–Trinajstić information content (AvgIpc) is 3.02. The lowest BCUT2D eigenvalue weighted by Crippen LogP contribution is -2.28. The number of ether oxygens (including phenoxy) is 2. The van der Waals surface area contributed by atoms with Gasteiger partial charge in [-0.15, -0.1) is 0 Å². The predicted octanol–water partition coefficient (Wildman–Crippen LogP) is 8.41. The Kier molecular flexibility index (Phi) is 30.3. The molecule has 0 aliphatic rings. The van der Waals surface area contributed by atoms with Gasteiger partial charge in [0.25, 0.3) is 0 Å². The summed E-state index contributed by atoms with van der Waals surface area (Å²) in [6, 6.07) is 0. The lowest BCUT2D eigenvalue weighted by molar-refractivity contribution is -0.161. The first-order valence-corrected chi connectivity index (χ1v) is 17.6. The smallest absolute Gasteiger partial charge is 0.306 e. The molecule has 0 aromatic heterocycles. The number of allylic oxidation sites excluding steroid dienone is 8. The summed E-state index contributed by atoms with van der Waals surface area (Å²) in [7, 11) is 0. The van der Waals surface area contributed by atoms with Crippen LogP contribution >= 0.6 is 0 Å². The van der Waals surface area contributed by atoms with Gasteiger partial charge in [-0.1, -0.05) is 145 Å². The zero-order valence-corrected chi connectivity index (χ0v) is 28.9. The number of esters is 2. The van der Waals surface area contributed by atoms with Crippen LogP contribution in [0.15, 0.2) is 72.9 Å². The Labute approximate surface area is 279 Å². The zero-order chi connectivity index (χ0) is 34.1. The molecule has 0 spiro atoms. The summed E-state index contributed by atoms with van der Waals surface area (Å²) in [6.07, 6.45) is 34.7. The minimum Gasteiger partial charge on any atom is -0.462 e. The highest BCUT2D eigenvalue weighted by molar-refractivity contribution is 5.70. The highest BCUT2D eigenvalue weighted by Gasteiger charge is 2.16. The second-order valence-electron chi connectivity index (χ2n) is 12.1. The molecule has 7 nitrogen and oxygen atoms in total. The van der Waals surface area contributed by atoms with E-state index in [4.69, 9.17) is 9.47 Å². The fourth-order valence-corrected chi connectivity index (χ4v) is 4.42. The molecular weight excluding hydrogens is 580 g/mol. The monoisotopic (exact) mass is 644 g/mol. The molecule has 0 aromatic rings. The van der Waals surface area contributed by atoms with E-state index < -0.39 is 30.9 Å². The Morgan fingerprint density at radius 3 is 1.98 bits per heavy atom. The van der Waals surface area contributed by atoms with E-state index >= 15 is 0 Å². The molecular formula is C39H64O7. The van der Waals surface area contributed by atoms with Crippen molar-refractivity contribution in [1.29, 1.82) is 0 Å². The Hall–Kier alpha value is -2.74. The molecule has 0 aromatic carbocycles. The lowest BCUT2D eigenvalue weighted by atomic mass is 10.0. The normalized spacial score (nSPS) is 14.6. The molecule has 3 N–H and O–H groups in total.